The van der Waals surface area contributed by atoms with Gasteiger partial charge in [0, 0.05) is 18.8 Å². The zero-order valence-corrected chi connectivity index (χ0v) is 21.9. The summed E-state index contributed by atoms with van der Waals surface area (Å²) in [5.41, 5.74) is 2.25. The molecule has 8 nitrogen and oxygen atoms in total. The minimum Gasteiger partial charge on any atom is -0.457 e. The molecule has 0 fully saturated rings. The number of hydrogen-bond donors (Lipinski definition) is 2. The van der Waals surface area contributed by atoms with Crippen LogP contribution in [0.2, 0.25) is 5.02 Å². The Balaban J connectivity index is 0.00000336. The SMILES string of the molecule is Cl.OCCOCCn1ccc2ncnc(Nc3cccc(Oc4cccc(Oc5ccccc5)c4)c3Cl)c21. The number of aliphatic hydroxyl groups is 1. The van der Waals surface area contributed by atoms with Crippen LogP contribution in [0.25, 0.3) is 11.0 Å². The van der Waals surface area contributed by atoms with Crippen molar-refractivity contribution in [3.05, 3.63) is 96.4 Å². The molecule has 0 saturated heterocycles. The lowest BCUT2D eigenvalue weighted by atomic mass is 10.2. The van der Waals surface area contributed by atoms with Crippen LogP contribution in [0.4, 0.5) is 11.5 Å². The molecule has 0 atom stereocenters. The summed E-state index contributed by atoms with van der Waals surface area (Å²) in [6.45, 7) is 1.33. The Morgan fingerprint density at radius 1 is 0.842 bits per heavy atom. The zero-order valence-electron chi connectivity index (χ0n) is 20.3. The van der Waals surface area contributed by atoms with Crippen LogP contribution in [0.3, 0.4) is 0 Å². The molecule has 2 N–H and O–H groups in total. The average molecular weight is 553 g/mol. The summed E-state index contributed by atoms with van der Waals surface area (Å²) in [4.78, 5) is 8.81. The smallest absolute Gasteiger partial charge is 0.158 e. The molecule has 0 spiro atoms. The quantitative estimate of drug-likeness (QED) is 0.173. The Hall–Kier alpha value is -3.82. The molecule has 5 rings (SSSR count). The van der Waals surface area contributed by atoms with Gasteiger partial charge in [0.15, 0.2) is 5.82 Å². The molecular weight excluding hydrogens is 527 g/mol. The van der Waals surface area contributed by atoms with Crippen molar-refractivity contribution in [1.29, 1.82) is 0 Å². The number of nitrogens with zero attached hydrogens (tertiary/aromatic N) is 3. The van der Waals surface area contributed by atoms with Crippen LogP contribution in [0, 0.1) is 0 Å². The number of benzene rings is 3. The fourth-order valence-corrected chi connectivity index (χ4v) is 4.02. The Morgan fingerprint density at radius 2 is 1.61 bits per heavy atom. The second-order valence-electron chi connectivity index (χ2n) is 8.04. The zero-order chi connectivity index (χ0) is 25.5. The van der Waals surface area contributed by atoms with Crippen molar-refractivity contribution in [1.82, 2.24) is 14.5 Å². The highest BCUT2D eigenvalue weighted by Gasteiger charge is 2.14. The molecule has 3 aromatic carbocycles. The third-order valence-corrected chi connectivity index (χ3v) is 5.88. The van der Waals surface area contributed by atoms with Gasteiger partial charge in [-0.15, -0.1) is 12.4 Å². The van der Waals surface area contributed by atoms with Gasteiger partial charge in [0.1, 0.15) is 39.9 Å². The predicted octanol–water partition coefficient (Wildman–Crippen LogP) is 6.84. The van der Waals surface area contributed by atoms with E-state index in [1.165, 1.54) is 6.33 Å². The van der Waals surface area contributed by atoms with Gasteiger partial charge in [0.05, 0.1) is 31.0 Å². The third kappa shape index (κ3) is 6.54. The molecule has 196 valence electrons. The van der Waals surface area contributed by atoms with Gasteiger partial charge in [-0.1, -0.05) is 41.9 Å². The molecule has 0 radical (unpaired) electrons. The summed E-state index contributed by atoms with van der Waals surface area (Å²) in [6, 6.07) is 24.4. The van der Waals surface area contributed by atoms with Crippen molar-refractivity contribution < 1.29 is 19.3 Å². The van der Waals surface area contributed by atoms with Crippen molar-refractivity contribution >= 4 is 46.5 Å². The first kappa shape index (κ1) is 27.2. The number of aromatic nitrogens is 3. The summed E-state index contributed by atoms with van der Waals surface area (Å²) in [5, 5.41) is 12.7. The van der Waals surface area contributed by atoms with Gasteiger partial charge < -0.3 is 29.2 Å². The predicted molar refractivity (Wildman–Crippen MR) is 150 cm³/mol. The molecule has 0 aliphatic carbocycles. The Bertz CT molecular complexity index is 1480. The van der Waals surface area contributed by atoms with Crippen LogP contribution in [0.5, 0.6) is 23.0 Å². The summed E-state index contributed by atoms with van der Waals surface area (Å²) >= 11 is 6.75. The standard InChI is InChI=1S/C28H25ClN4O4.ClH/c29-26-23(32-28-27-24(30-19-31-28)12-13-33(27)14-16-35-17-15-34)10-5-11-25(26)37-22-9-4-8-21(18-22)36-20-6-2-1-3-7-20;/h1-13,18-19,34H,14-17H2,(H,30,31,32);1H. The maximum absolute atomic E-state index is 8.93. The second-order valence-corrected chi connectivity index (χ2v) is 8.41. The highest BCUT2D eigenvalue weighted by atomic mass is 35.5. The molecule has 5 aromatic rings. The van der Waals surface area contributed by atoms with Gasteiger partial charge in [0.2, 0.25) is 0 Å². The molecular formula is C28H26Cl2N4O4. The maximum Gasteiger partial charge on any atom is 0.158 e. The van der Waals surface area contributed by atoms with E-state index in [9.17, 15) is 0 Å². The Morgan fingerprint density at radius 3 is 2.42 bits per heavy atom. The Labute approximate surface area is 231 Å². The topological polar surface area (TPSA) is 90.7 Å². The van der Waals surface area contributed by atoms with Crippen molar-refractivity contribution in [3.8, 4) is 23.0 Å². The molecule has 2 heterocycles. The number of para-hydroxylation sites is 1. The van der Waals surface area contributed by atoms with Crippen molar-refractivity contribution in [2.75, 3.05) is 25.1 Å². The normalized spacial score (nSPS) is 10.7. The monoisotopic (exact) mass is 552 g/mol. The first-order valence-electron chi connectivity index (χ1n) is 11.8. The van der Waals surface area contributed by atoms with E-state index in [0.717, 1.165) is 16.8 Å². The van der Waals surface area contributed by atoms with E-state index < -0.39 is 0 Å². The molecule has 0 bridgehead atoms. The summed E-state index contributed by atoms with van der Waals surface area (Å²) in [7, 11) is 0. The fraction of sp³-hybridized carbons (Fsp3) is 0.143. The number of anilines is 2. The van der Waals surface area contributed by atoms with E-state index in [1.807, 2.05) is 83.6 Å². The number of hydrogen-bond acceptors (Lipinski definition) is 7. The number of rotatable bonds is 11. The second kappa shape index (κ2) is 13.1. The molecule has 38 heavy (non-hydrogen) atoms. The van der Waals surface area contributed by atoms with Crippen LogP contribution in [0.1, 0.15) is 0 Å². The number of aliphatic hydroxyl groups excluding tert-OH is 1. The first-order chi connectivity index (χ1) is 18.2. The van der Waals surface area contributed by atoms with Crippen LogP contribution in [-0.2, 0) is 11.3 Å². The van der Waals surface area contributed by atoms with Gasteiger partial charge >= 0.3 is 0 Å². The molecule has 0 amide bonds. The highest BCUT2D eigenvalue weighted by molar-refractivity contribution is 6.34. The van der Waals surface area contributed by atoms with E-state index in [-0.39, 0.29) is 19.0 Å². The van der Waals surface area contributed by atoms with Crippen LogP contribution in [-0.4, -0.2) is 39.5 Å². The molecule has 2 aromatic heterocycles. The molecule has 0 unspecified atom stereocenters. The fourth-order valence-electron chi connectivity index (χ4n) is 3.81. The minimum atomic E-state index is -0.0103. The van der Waals surface area contributed by atoms with Gasteiger partial charge in [-0.3, -0.25) is 0 Å². The summed E-state index contributed by atoms with van der Waals surface area (Å²) in [5.74, 6) is 3.08. The van der Waals surface area contributed by atoms with Gasteiger partial charge in [-0.2, -0.15) is 0 Å². The number of ether oxygens (including phenoxy) is 3. The minimum absolute atomic E-state index is 0. The van der Waals surface area contributed by atoms with E-state index in [0.29, 0.717) is 53.5 Å². The van der Waals surface area contributed by atoms with Gasteiger partial charge in [-0.05, 0) is 42.5 Å². The van der Waals surface area contributed by atoms with Crippen LogP contribution >= 0.6 is 24.0 Å². The largest absolute Gasteiger partial charge is 0.457 e. The molecule has 0 saturated carbocycles. The molecule has 10 heteroatoms. The van der Waals surface area contributed by atoms with Gasteiger partial charge in [0.25, 0.3) is 0 Å². The average Bonchev–Trinajstić information content (AvgIpc) is 3.34. The Kier molecular flexibility index (Phi) is 9.40. The summed E-state index contributed by atoms with van der Waals surface area (Å²) in [6.07, 6.45) is 3.43. The molecule has 0 aliphatic rings. The summed E-state index contributed by atoms with van der Waals surface area (Å²) < 4.78 is 19.4. The van der Waals surface area contributed by atoms with Gasteiger partial charge in [-0.25, -0.2) is 9.97 Å². The lowest BCUT2D eigenvalue weighted by Gasteiger charge is -2.14. The lowest BCUT2D eigenvalue weighted by molar-refractivity contribution is 0.0875. The van der Waals surface area contributed by atoms with E-state index >= 15 is 0 Å². The maximum atomic E-state index is 8.93. The van der Waals surface area contributed by atoms with E-state index in [4.69, 9.17) is 30.9 Å². The number of nitrogens with one attached hydrogen (secondary N) is 1. The third-order valence-electron chi connectivity index (χ3n) is 5.49. The van der Waals surface area contributed by atoms with Crippen molar-refractivity contribution in [2.45, 2.75) is 6.54 Å². The molecule has 0 aliphatic heterocycles. The van der Waals surface area contributed by atoms with Crippen LogP contribution in [0.15, 0.2) is 91.4 Å². The van der Waals surface area contributed by atoms with E-state index in [1.54, 1.807) is 6.07 Å². The lowest BCUT2D eigenvalue weighted by Crippen LogP contribution is -2.09. The van der Waals surface area contributed by atoms with Crippen molar-refractivity contribution in [3.63, 3.8) is 0 Å². The highest BCUT2D eigenvalue weighted by Crippen LogP contribution is 2.38. The van der Waals surface area contributed by atoms with Crippen molar-refractivity contribution in [2.24, 2.45) is 0 Å². The first-order valence-corrected chi connectivity index (χ1v) is 12.1. The number of halogens is 2. The van der Waals surface area contributed by atoms with Crippen LogP contribution < -0.4 is 14.8 Å². The van der Waals surface area contributed by atoms with E-state index in [2.05, 4.69) is 15.3 Å². The number of fused-ring (bicyclic) bond motifs is 1.